The molecule has 0 radical (unpaired) electrons. The van der Waals surface area contributed by atoms with Gasteiger partial charge in [-0.05, 0) is 60.2 Å². The predicted octanol–water partition coefficient (Wildman–Crippen LogP) is 6.35. The van der Waals surface area contributed by atoms with Gasteiger partial charge in [0.2, 0.25) is 0 Å². The van der Waals surface area contributed by atoms with Crippen molar-refractivity contribution in [1.29, 1.82) is 0 Å². The molecule has 1 N–H and O–H groups in total. The van der Waals surface area contributed by atoms with Crippen LogP contribution in [0.25, 0.3) is 0 Å². The fraction of sp³-hybridized carbons (Fsp3) is 0.208. The molecule has 3 aromatic carbocycles. The number of carbonyl (C=O) groups excluding carboxylic acids is 1. The zero-order valence-corrected chi connectivity index (χ0v) is 20.3. The number of ether oxygens (including phenoxy) is 1. The van der Waals surface area contributed by atoms with E-state index in [9.17, 15) is 22.0 Å². The molecule has 0 unspecified atom stereocenters. The first-order chi connectivity index (χ1) is 16.1. The fourth-order valence-electron chi connectivity index (χ4n) is 3.41. The molecule has 0 aliphatic heterocycles. The Labute approximate surface area is 206 Å². The van der Waals surface area contributed by atoms with Crippen LogP contribution in [-0.2, 0) is 21.1 Å². The summed E-state index contributed by atoms with van der Waals surface area (Å²) < 4.78 is 60.6. The number of benzene rings is 3. The third-order valence-corrected chi connectivity index (χ3v) is 7.91. The summed E-state index contributed by atoms with van der Waals surface area (Å²) in [5, 5.41) is 1.90. The summed E-state index contributed by atoms with van der Waals surface area (Å²) in [5.41, 5.74) is 0.423. The fourth-order valence-corrected chi connectivity index (χ4v) is 5.67. The third kappa shape index (κ3) is 6.46. The Kier molecular flexibility index (Phi) is 8.52. The van der Waals surface area contributed by atoms with Gasteiger partial charge in [0.25, 0.3) is 0 Å². The van der Waals surface area contributed by atoms with Crippen LogP contribution >= 0.6 is 23.2 Å². The number of nitrogens with one attached hydrogen (secondary N) is 1. The summed E-state index contributed by atoms with van der Waals surface area (Å²) in [6.45, 7) is 1.28. The molecule has 0 bridgehead atoms. The molecule has 0 spiro atoms. The molecule has 10 heteroatoms. The molecule has 0 saturated heterocycles. The van der Waals surface area contributed by atoms with Crippen LogP contribution in [0.5, 0.6) is 0 Å². The highest BCUT2D eigenvalue weighted by molar-refractivity contribution is 7.91. The van der Waals surface area contributed by atoms with Crippen LogP contribution in [0.3, 0.4) is 0 Å². The number of rotatable bonds is 8. The number of carbonyl (C=O) groups is 1. The number of halogens is 4. The van der Waals surface area contributed by atoms with Gasteiger partial charge < -0.3 is 10.1 Å². The van der Waals surface area contributed by atoms with E-state index in [-0.39, 0.29) is 23.6 Å². The van der Waals surface area contributed by atoms with Crippen molar-refractivity contribution in [2.24, 2.45) is 5.92 Å². The summed E-state index contributed by atoms with van der Waals surface area (Å²) >= 11 is 11.7. The summed E-state index contributed by atoms with van der Waals surface area (Å²) in [5.74, 6) is -2.59. The highest BCUT2D eigenvalue weighted by atomic mass is 35.5. The van der Waals surface area contributed by atoms with Crippen molar-refractivity contribution in [3.63, 3.8) is 0 Å². The lowest BCUT2D eigenvalue weighted by Gasteiger charge is -2.25. The SMILES string of the molecule is C[C@H](COC(=O)NCc1ccc(Cl)cc1)[C@@H](c1cc(F)ccc1F)S(=O)(=O)c1ccc(Cl)cc1. The normalized spacial score (nSPS) is 13.2. The molecule has 1 amide bonds. The molecular formula is C24H21Cl2F2NO4S. The van der Waals surface area contributed by atoms with Crippen LogP contribution in [0, 0.1) is 17.6 Å². The minimum atomic E-state index is -4.21. The lowest BCUT2D eigenvalue weighted by atomic mass is 10.0. The maximum absolute atomic E-state index is 14.6. The molecule has 5 nitrogen and oxygen atoms in total. The van der Waals surface area contributed by atoms with E-state index < -0.39 is 38.7 Å². The van der Waals surface area contributed by atoms with Crippen molar-refractivity contribution < 1.29 is 26.7 Å². The van der Waals surface area contributed by atoms with Gasteiger partial charge >= 0.3 is 6.09 Å². The smallest absolute Gasteiger partial charge is 0.407 e. The molecular weight excluding hydrogens is 507 g/mol. The lowest BCUT2D eigenvalue weighted by molar-refractivity contribution is 0.128. The van der Waals surface area contributed by atoms with Gasteiger partial charge in [-0.2, -0.15) is 0 Å². The first kappa shape index (κ1) is 25.9. The van der Waals surface area contributed by atoms with E-state index in [1.165, 1.54) is 31.2 Å². The van der Waals surface area contributed by atoms with Gasteiger partial charge in [0, 0.05) is 28.1 Å². The Morgan fingerprint density at radius 2 is 1.56 bits per heavy atom. The molecule has 0 heterocycles. The lowest BCUT2D eigenvalue weighted by Crippen LogP contribution is -2.29. The second-order valence-corrected chi connectivity index (χ2v) is 10.6. The zero-order chi connectivity index (χ0) is 24.9. The van der Waals surface area contributed by atoms with Crippen LogP contribution in [0.2, 0.25) is 10.0 Å². The monoisotopic (exact) mass is 527 g/mol. The van der Waals surface area contributed by atoms with Gasteiger partial charge in [-0.15, -0.1) is 0 Å². The van der Waals surface area contributed by atoms with E-state index >= 15 is 0 Å². The average Bonchev–Trinajstić information content (AvgIpc) is 2.80. The topological polar surface area (TPSA) is 72.5 Å². The quantitative estimate of drug-likeness (QED) is 0.370. The van der Waals surface area contributed by atoms with Crippen LogP contribution in [-0.4, -0.2) is 21.1 Å². The Balaban J connectivity index is 1.80. The molecule has 0 saturated carbocycles. The van der Waals surface area contributed by atoms with E-state index in [4.69, 9.17) is 27.9 Å². The minimum Gasteiger partial charge on any atom is -0.449 e. The van der Waals surface area contributed by atoms with Crippen molar-refractivity contribution in [2.45, 2.75) is 23.6 Å². The van der Waals surface area contributed by atoms with E-state index in [0.717, 1.165) is 23.8 Å². The van der Waals surface area contributed by atoms with Crippen molar-refractivity contribution in [3.8, 4) is 0 Å². The zero-order valence-electron chi connectivity index (χ0n) is 18.0. The average molecular weight is 528 g/mol. The maximum Gasteiger partial charge on any atom is 0.407 e. The minimum absolute atomic E-state index is 0.121. The molecule has 2 atom stereocenters. The summed E-state index contributed by atoms with van der Waals surface area (Å²) in [6, 6.07) is 14.7. The maximum atomic E-state index is 14.6. The van der Waals surface area contributed by atoms with Gasteiger partial charge in [0.1, 0.15) is 11.6 Å². The number of hydrogen-bond acceptors (Lipinski definition) is 4. The molecule has 0 aliphatic rings. The van der Waals surface area contributed by atoms with Crippen molar-refractivity contribution in [1.82, 2.24) is 5.32 Å². The van der Waals surface area contributed by atoms with Crippen LogP contribution in [0.4, 0.5) is 13.6 Å². The third-order valence-electron chi connectivity index (χ3n) is 5.09. The van der Waals surface area contributed by atoms with Gasteiger partial charge in [-0.1, -0.05) is 42.3 Å². The Morgan fingerprint density at radius 3 is 2.18 bits per heavy atom. The molecule has 34 heavy (non-hydrogen) atoms. The Bertz CT molecular complexity index is 1250. The number of amides is 1. The van der Waals surface area contributed by atoms with Crippen molar-refractivity contribution >= 4 is 39.1 Å². The number of hydrogen-bond donors (Lipinski definition) is 1. The first-order valence-corrected chi connectivity index (χ1v) is 12.5. The van der Waals surface area contributed by atoms with E-state index in [0.29, 0.717) is 10.0 Å². The second-order valence-electron chi connectivity index (χ2n) is 7.64. The standard InChI is InChI=1S/C24H21Cl2F2NO4S/c1-15(14-33-24(30)29-13-16-2-4-17(25)5-3-16)23(21-12-19(27)8-11-22(21)28)34(31,32)20-9-6-18(26)7-10-20/h2-12,15,23H,13-14H2,1H3,(H,29,30)/t15-,23+/m1/s1. The van der Waals surface area contributed by atoms with Gasteiger partial charge in [0.05, 0.1) is 16.8 Å². The van der Waals surface area contributed by atoms with Gasteiger partial charge in [-0.25, -0.2) is 22.0 Å². The number of sulfone groups is 1. The Morgan fingerprint density at radius 1 is 0.971 bits per heavy atom. The highest BCUT2D eigenvalue weighted by Crippen LogP contribution is 2.37. The first-order valence-electron chi connectivity index (χ1n) is 10.2. The van der Waals surface area contributed by atoms with Crippen molar-refractivity contribution in [3.05, 3.63) is 99.5 Å². The largest absolute Gasteiger partial charge is 0.449 e. The molecule has 180 valence electrons. The van der Waals surface area contributed by atoms with Crippen LogP contribution < -0.4 is 5.32 Å². The summed E-state index contributed by atoms with van der Waals surface area (Å²) in [6.07, 6.45) is -0.788. The summed E-state index contributed by atoms with van der Waals surface area (Å²) in [7, 11) is -4.21. The van der Waals surface area contributed by atoms with E-state index in [2.05, 4.69) is 5.32 Å². The predicted molar refractivity (Wildman–Crippen MR) is 127 cm³/mol. The second kappa shape index (κ2) is 11.2. The molecule has 3 rings (SSSR count). The highest BCUT2D eigenvalue weighted by Gasteiger charge is 2.36. The van der Waals surface area contributed by atoms with Gasteiger partial charge in [0.15, 0.2) is 9.84 Å². The van der Waals surface area contributed by atoms with Crippen LogP contribution in [0.15, 0.2) is 71.6 Å². The number of alkyl carbamates (subject to hydrolysis) is 1. The Hall–Kier alpha value is -2.68. The van der Waals surface area contributed by atoms with Crippen LogP contribution in [0.1, 0.15) is 23.3 Å². The van der Waals surface area contributed by atoms with E-state index in [1.54, 1.807) is 24.3 Å². The molecule has 0 aromatic heterocycles. The van der Waals surface area contributed by atoms with E-state index in [1.807, 2.05) is 0 Å². The molecule has 0 aliphatic carbocycles. The molecule has 0 fully saturated rings. The summed E-state index contributed by atoms with van der Waals surface area (Å²) in [4.78, 5) is 12.0. The van der Waals surface area contributed by atoms with Gasteiger partial charge in [-0.3, -0.25) is 0 Å². The van der Waals surface area contributed by atoms with Crippen molar-refractivity contribution in [2.75, 3.05) is 6.61 Å². The molecule has 3 aromatic rings.